The number of piperidine rings is 1. The van der Waals surface area contributed by atoms with Gasteiger partial charge >= 0.3 is 0 Å². The minimum Gasteiger partial charge on any atom is -0.497 e. The number of amides is 1. The lowest BCUT2D eigenvalue weighted by atomic mass is 9.96. The zero-order valence-electron chi connectivity index (χ0n) is 16.5. The largest absolute Gasteiger partial charge is 0.497 e. The summed E-state index contributed by atoms with van der Waals surface area (Å²) < 4.78 is 32.4. The maximum atomic E-state index is 13.2. The molecule has 4 rings (SSSR count). The van der Waals surface area contributed by atoms with E-state index in [1.807, 2.05) is 11.0 Å². The molecule has 0 spiro atoms. The molecular weight excluding hydrogens is 408 g/mol. The van der Waals surface area contributed by atoms with Crippen LogP contribution in [0.25, 0.3) is 0 Å². The molecule has 29 heavy (non-hydrogen) atoms. The molecule has 2 aliphatic rings. The normalized spacial score (nSPS) is 21.4. The van der Waals surface area contributed by atoms with Crippen LogP contribution in [-0.4, -0.2) is 50.3 Å². The number of benzene rings is 1. The molecule has 3 heterocycles. The molecule has 0 N–H and O–H groups in total. The van der Waals surface area contributed by atoms with Gasteiger partial charge in [0.15, 0.2) is 0 Å². The third-order valence-corrected chi connectivity index (χ3v) is 8.79. The van der Waals surface area contributed by atoms with Crippen molar-refractivity contribution in [2.45, 2.75) is 36.6 Å². The summed E-state index contributed by atoms with van der Waals surface area (Å²) >= 11 is 1.70. The second-order valence-corrected chi connectivity index (χ2v) is 10.5. The van der Waals surface area contributed by atoms with E-state index in [0.717, 1.165) is 19.4 Å². The molecule has 2 aliphatic heterocycles. The number of methoxy groups -OCH3 is 1. The Morgan fingerprint density at radius 1 is 1.07 bits per heavy atom. The van der Waals surface area contributed by atoms with Crippen LogP contribution in [0.4, 0.5) is 0 Å². The van der Waals surface area contributed by atoms with E-state index in [4.69, 9.17) is 4.74 Å². The first-order valence-corrected chi connectivity index (χ1v) is 12.3. The molecule has 0 radical (unpaired) electrons. The minimum absolute atomic E-state index is 0.0992. The number of thiophene rings is 1. The topological polar surface area (TPSA) is 66.9 Å². The molecule has 0 saturated carbocycles. The van der Waals surface area contributed by atoms with Crippen LogP contribution in [-0.2, 0) is 14.8 Å². The van der Waals surface area contributed by atoms with Gasteiger partial charge in [0.1, 0.15) is 5.75 Å². The number of hydrogen-bond donors (Lipinski definition) is 0. The van der Waals surface area contributed by atoms with E-state index in [0.29, 0.717) is 31.7 Å². The maximum absolute atomic E-state index is 13.2. The van der Waals surface area contributed by atoms with E-state index in [1.165, 1.54) is 9.18 Å². The van der Waals surface area contributed by atoms with Gasteiger partial charge in [-0.25, -0.2) is 8.42 Å². The first-order chi connectivity index (χ1) is 14.0. The smallest absolute Gasteiger partial charge is 0.243 e. The Balaban J connectivity index is 1.40. The number of rotatable bonds is 5. The third-order valence-electron chi connectivity index (χ3n) is 5.91. The predicted molar refractivity (Wildman–Crippen MR) is 112 cm³/mol. The fourth-order valence-electron chi connectivity index (χ4n) is 4.28. The third kappa shape index (κ3) is 4.06. The molecule has 1 amide bonds. The fraction of sp³-hybridized carbons (Fsp3) is 0.476. The van der Waals surface area contributed by atoms with Gasteiger partial charge in [-0.3, -0.25) is 4.79 Å². The monoisotopic (exact) mass is 434 g/mol. The number of carbonyl (C=O) groups excluding carboxylic acids is 1. The van der Waals surface area contributed by atoms with Crippen LogP contribution < -0.4 is 4.74 Å². The first-order valence-electron chi connectivity index (χ1n) is 9.99. The molecule has 2 saturated heterocycles. The van der Waals surface area contributed by atoms with Crippen LogP contribution in [0.2, 0.25) is 0 Å². The summed E-state index contributed by atoms with van der Waals surface area (Å²) in [6.45, 7) is 1.55. The van der Waals surface area contributed by atoms with Gasteiger partial charge in [-0.1, -0.05) is 6.07 Å². The van der Waals surface area contributed by atoms with Crippen LogP contribution in [0.5, 0.6) is 5.75 Å². The van der Waals surface area contributed by atoms with Gasteiger partial charge in [-0.2, -0.15) is 4.31 Å². The van der Waals surface area contributed by atoms with Crippen molar-refractivity contribution in [2.75, 3.05) is 26.7 Å². The van der Waals surface area contributed by atoms with E-state index in [2.05, 4.69) is 11.4 Å². The highest BCUT2D eigenvalue weighted by atomic mass is 32.2. The van der Waals surface area contributed by atoms with Crippen LogP contribution in [0.1, 0.15) is 36.6 Å². The molecule has 1 unspecified atom stereocenters. The number of sulfonamides is 1. The number of carbonyl (C=O) groups is 1. The van der Waals surface area contributed by atoms with Crippen molar-refractivity contribution < 1.29 is 17.9 Å². The lowest BCUT2D eigenvalue weighted by Gasteiger charge is -2.34. The molecule has 156 valence electrons. The zero-order valence-corrected chi connectivity index (χ0v) is 18.1. The molecule has 0 aliphatic carbocycles. The number of ether oxygens (including phenoxy) is 1. The van der Waals surface area contributed by atoms with Crippen molar-refractivity contribution >= 4 is 27.3 Å². The molecule has 1 aromatic carbocycles. The lowest BCUT2D eigenvalue weighted by molar-refractivity contribution is -0.137. The molecule has 0 bridgehead atoms. The summed E-state index contributed by atoms with van der Waals surface area (Å²) in [5.41, 5.74) is 0. The van der Waals surface area contributed by atoms with Crippen molar-refractivity contribution in [2.24, 2.45) is 5.92 Å². The second-order valence-electron chi connectivity index (χ2n) is 7.56. The molecule has 2 aromatic rings. The van der Waals surface area contributed by atoms with Gasteiger partial charge < -0.3 is 9.64 Å². The summed E-state index contributed by atoms with van der Waals surface area (Å²) in [6, 6.07) is 10.8. The number of nitrogens with zero attached hydrogens (tertiary/aromatic N) is 2. The Bertz CT molecular complexity index is 934. The Kier molecular flexibility index (Phi) is 5.94. The van der Waals surface area contributed by atoms with Crippen molar-refractivity contribution in [3.8, 4) is 5.75 Å². The van der Waals surface area contributed by atoms with E-state index in [1.54, 1.807) is 42.7 Å². The SMILES string of the molecule is COc1ccc(S(=O)(=O)N2CCC(C(=O)N3CCCC3c3cccs3)CC2)cc1. The van der Waals surface area contributed by atoms with Gasteiger partial charge in [-0.15, -0.1) is 11.3 Å². The summed E-state index contributed by atoms with van der Waals surface area (Å²) in [5.74, 6) is 0.708. The van der Waals surface area contributed by atoms with Crippen molar-refractivity contribution in [3.05, 3.63) is 46.7 Å². The predicted octanol–water partition coefficient (Wildman–Crippen LogP) is 3.52. The molecule has 6 nitrogen and oxygen atoms in total. The van der Waals surface area contributed by atoms with Gasteiger partial charge in [0.2, 0.25) is 15.9 Å². The average molecular weight is 435 g/mol. The highest BCUT2D eigenvalue weighted by molar-refractivity contribution is 7.89. The highest BCUT2D eigenvalue weighted by Gasteiger charge is 2.37. The Hall–Kier alpha value is -1.90. The lowest BCUT2D eigenvalue weighted by Crippen LogP contribution is -2.44. The molecular formula is C21H26N2O4S2. The summed E-state index contributed by atoms with van der Waals surface area (Å²) in [7, 11) is -2.00. The Morgan fingerprint density at radius 2 is 1.79 bits per heavy atom. The Labute approximate surface area is 176 Å². The maximum Gasteiger partial charge on any atom is 0.243 e. The van der Waals surface area contributed by atoms with Crippen LogP contribution in [0.15, 0.2) is 46.7 Å². The summed E-state index contributed by atoms with van der Waals surface area (Å²) in [5, 5.41) is 2.05. The quantitative estimate of drug-likeness (QED) is 0.722. The van der Waals surface area contributed by atoms with Gasteiger partial charge in [-0.05, 0) is 61.4 Å². The second kappa shape index (κ2) is 8.45. The van der Waals surface area contributed by atoms with E-state index in [-0.39, 0.29) is 22.8 Å². The van der Waals surface area contributed by atoms with Gasteiger partial charge in [0.05, 0.1) is 18.0 Å². The van der Waals surface area contributed by atoms with Gasteiger partial charge in [0.25, 0.3) is 0 Å². The van der Waals surface area contributed by atoms with Crippen LogP contribution >= 0.6 is 11.3 Å². The fourth-order valence-corrected chi connectivity index (χ4v) is 6.62. The van der Waals surface area contributed by atoms with E-state index >= 15 is 0 Å². The molecule has 8 heteroatoms. The Morgan fingerprint density at radius 3 is 2.41 bits per heavy atom. The average Bonchev–Trinajstić information content (AvgIpc) is 3.45. The van der Waals surface area contributed by atoms with E-state index < -0.39 is 10.0 Å². The van der Waals surface area contributed by atoms with Gasteiger partial charge in [0, 0.05) is 30.4 Å². The zero-order chi connectivity index (χ0) is 20.4. The number of likely N-dealkylation sites (tertiary alicyclic amines) is 1. The van der Waals surface area contributed by atoms with Crippen molar-refractivity contribution in [1.82, 2.24) is 9.21 Å². The summed E-state index contributed by atoms with van der Waals surface area (Å²) in [6.07, 6.45) is 3.18. The van der Waals surface area contributed by atoms with Crippen molar-refractivity contribution in [3.63, 3.8) is 0 Å². The molecule has 1 aromatic heterocycles. The highest BCUT2D eigenvalue weighted by Crippen LogP contribution is 2.37. The molecule has 2 fully saturated rings. The summed E-state index contributed by atoms with van der Waals surface area (Å²) in [4.78, 5) is 16.7. The van der Waals surface area contributed by atoms with Crippen molar-refractivity contribution in [1.29, 1.82) is 0 Å². The minimum atomic E-state index is -3.55. The van der Waals surface area contributed by atoms with Crippen LogP contribution in [0.3, 0.4) is 0 Å². The van der Waals surface area contributed by atoms with Crippen LogP contribution in [0, 0.1) is 5.92 Å². The number of hydrogen-bond acceptors (Lipinski definition) is 5. The first kappa shape index (κ1) is 20.4. The van der Waals surface area contributed by atoms with E-state index in [9.17, 15) is 13.2 Å². The standard InChI is InChI=1S/C21H26N2O4S2/c1-27-17-6-8-18(9-7-17)29(25,26)22-13-10-16(11-14-22)21(24)23-12-2-4-19(23)20-5-3-15-28-20/h3,5-9,15-16,19H,2,4,10-14H2,1H3. The molecule has 1 atom stereocenters.